The van der Waals surface area contributed by atoms with Crippen molar-refractivity contribution in [3.8, 4) is 0 Å². The van der Waals surface area contributed by atoms with Gasteiger partial charge in [-0.25, -0.2) is 4.98 Å². The fourth-order valence-corrected chi connectivity index (χ4v) is 3.45. The standard InChI is InChI=1S/C16H21N5OS/c1-10(2)21-12(4)14(11(3)19-21)7-15(22)17-8-13-9-20-5-6-23-16(20)18-13/h5-6,9-10H,7-8H2,1-4H3,(H,17,22). The molecular formula is C16H21N5OS. The Kier molecular flexibility index (Phi) is 4.21. The average molecular weight is 331 g/mol. The second-order valence-corrected chi connectivity index (χ2v) is 6.84. The second kappa shape index (κ2) is 6.16. The lowest BCUT2D eigenvalue weighted by Gasteiger charge is -2.08. The van der Waals surface area contributed by atoms with E-state index in [9.17, 15) is 4.79 Å². The first-order valence-corrected chi connectivity index (χ1v) is 8.56. The lowest BCUT2D eigenvalue weighted by atomic mass is 10.1. The summed E-state index contributed by atoms with van der Waals surface area (Å²) in [6, 6.07) is 0.295. The number of aromatic nitrogens is 4. The van der Waals surface area contributed by atoms with Crippen LogP contribution in [0.5, 0.6) is 0 Å². The number of amides is 1. The SMILES string of the molecule is Cc1nn(C(C)C)c(C)c1CC(=O)NCc1cn2ccsc2n1. The van der Waals surface area contributed by atoms with E-state index in [-0.39, 0.29) is 5.91 Å². The van der Waals surface area contributed by atoms with Gasteiger partial charge in [-0.05, 0) is 27.7 Å². The van der Waals surface area contributed by atoms with Crippen LogP contribution in [0.3, 0.4) is 0 Å². The van der Waals surface area contributed by atoms with Crippen molar-refractivity contribution < 1.29 is 4.79 Å². The number of carbonyl (C=O) groups excluding carboxylic acids is 1. The molecule has 0 aliphatic rings. The van der Waals surface area contributed by atoms with Gasteiger partial charge in [0.1, 0.15) is 0 Å². The summed E-state index contributed by atoms with van der Waals surface area (Å²) in [4.78, 5) is 17.7. The van der Waals surface area contributed by atoms with Crippen LogP contribution in [0.1, 0.15) is 42.5 Å². The molecule has 0 unspecified atom stereocenters. The molecule has 122 valence electrons. The summed E-state index contributed by atoms with van der Waals surface area (Å²) in [5, 5.41) is 9.46. The quantitative estimate of drug-likeness (QED) is 0.782. The Balaban J connectivity index is 1.64. The van der Waals surface area contributed by atoms with Gasteiger partial charge in [-0.1, -0.05) is 0 Å². The van der Waals surface area contributed by atoms with E-state index in [0.29, 0.717) is 19.0 Å². The van der Waals surface area contributed by atoms with Gasteiger partial charge in [0, 0.05) is 35.1 Å². The first-order chi connectivity index (χ1) is 11.0. The van der Waals surface area contributed by atoms with Gasteiger partial charge in [-0.3, -0.25) is 13.9 Å². The maximum Gasteiger partial charge on any atom is 0.224 e. The van der Waals surface area contributed by atoms with Crippen LogP contribution >= 0.6 is 11.3 Å². The average Bonchev–Trinajstić information content (AvgIpc) is 3.14. The molecular weight excluding hydrogens is 310 g/mol. The summed E-state index contributed by atoms with van der Waals surface area (Å²) in [6.07, 6.45) is 4.26. The third-order valence-corrected chi connectivity index (χ3v) is 4.68. The van der Waals surface area contributed by atoms with Crippen LogP contribution in [0.25, 0.3) is 4.96 Å². The minimum absolute atomic E-state index is 0.00383. The van der Waals surface area contributed by atoms with Crippen LogP contribution in [-0.4, -0.2) is 25.1 Å². The van der Waals surface area contributed by atoms with Crippen molar-refractivity contribution in [2.75, 3.05) is 0 Å². The number of nitrogens with zero attached hydrogens (tertiary/aromatic N) is 4. The molecule has 0 saturated heterocycles. The lowest BCUT2D eigenvalue weighted by Crippen LogP contribution is -2.25. The fraction of sp³-hybridized carbons (Fsp3) is 0.438. The second-order valence-electron chi connectivity index (χ2n) is 5.97. The Morgan fingerprint density at radius 3 is 2.83 bits per heavy atom. The zero-order chi connectivity index (χ0) is 16.6. The highest BCUT2D eigenvalue weighted by Gasteiger charge is 2.16. The number of fused-ring (bicyclic) bond motifs is 1. The minimum atomic E-state index is -0.00383. The van der Waals surface area contributed by atoms with Gasteiger partial charge < -0.3 is 5.32 Å². The first kappa shape index (κ1) is 15.7. The first-order valence-electron chi connectivity index (χ1n) is 7.68. The van der Waals surface area contributed by atoms with Crippen LogP contribution in [0.4, 0.5) is 0 Å². The molecule has 0 bridgehead atoms. The molecule has 0 aromatic carbocycles. The van der Waals surface area contributed by atoms with Gasteiger partial charge >= 0.3 is 0 Å². The highest BCUT2D eigenvalue weighted by Crippen LogP contribution is 2.18. The molecule has 23 heavy (non-hydrogen) atoms. The third-order valence-electron chi connectivity index (χ3n) is 3.91. The fourth-order valence-electron chi connectivity index (χ4n) is 2.73. The molecule has 3 rings (SSSR count). The van der Waals surface area contributed by atoms with Crippen molar-refractivity contribution in [2.45, 2.75) is 46.7 Å². The molecule has 0 spiro atoms. The number of aryl methyl sites for hydroxylation is 1. The van der Waals surface area contributed by atoms with E-state index in [1.54, 1.807) is 11.3 Å². The Hall–Kier alpha value is -2.15. The van der Waals surface area contributed by atoms with Gasteiger partial charge in [-0.2, -0.15) is 5.10 Å². The Morgan fingerprint density at radius 2 is 2.17 bits per heavy atom. The lowest BCUT2D eigenvalue weighted by molar-refractivity contribution is -0.120. The van der Waals surface area contributed by atoms with Crippen molar-refractivity contribution in [1.82, 2.24) is 24.5 Å². The summed E-state index contributed by atoms with van der Waals surface area (Å²) in [7, 11) is 0. The molecule has 0 saturated carbocycles. The van der Waals surface area contributed by atoms with Gasteiger partial charge in [0.2, 0.25) is 5.91 Å². The highest BCUT2D eigenvalue weighted by molar-refractivity contribution is 7.15. The topological polar surface area (TPSA) is 64.2 Å². The molecule has 0 aliphatic carbocycles. The molecule has 0 fully saturated rings. The molecule has 0 atom stereocenters. The van der Waals surface area contributed by atoms with Crippen molar-refractivity contribution in [3.05, 3.63) is 40.4 Å². The predicted octanol–water partition coefficient (Wildman–Crippen LogP) is 2.65. The van der Waals surface area contributed by atoms with Crippen LogP contribution in [0.15, 0.2) is 17.8 Å². The molecule has 0 aliphatic heterocycles. The highest BCUT2D eigenvalue weighted by atomic mass is 32.1. The van der Waals surface area contributed by atoms with Crippen molar-refractivity contribution in [3.63, 3.8) is 0 Å². The van der Waals surface area contributed by atoms with Crippen LogP contribution in [-0.2, 0) is 17.8 Å². The normalized spacial score (nSPS) is 11.5. The van der Waals surface area contributed by atoms with E-state index in [0.717, 1.165) is 27.6 Å². The molecule has 7 heteroatoms. The van der Waals surface area contributed by atoms with Gasteiger partial charge in [0.05, 0.1) is 24.4 Å². The number of thiazole rings is 1. The zero-order valence-corrected chi connectivity index (χ0v) is 14.6. The number of imidazole rings is 1. The summed E-state index contributed by atoms with van der Waals surface area (Å²) in [6.45, 7) is 8.61. The molecule has 3 aromatic heterocycles. The number of hydrogen-bond donors (Lipinski definition) is 1. The van der Waals surface area contributed by atoms with Crippen LogP contribution in [0, 0.1) is 13.8 Å². The summed E-state index contributed by atoms with van der Waals surface area (Å²) in [5.74, 6) is -0.00383. The van der Waals surface area contributed by atoms with Crippen LogP contribution in [0.2, 0.25) is 0 Å². The summed E-state index contributed by atoms with van der Waals surface area (Å²) >= 11 is 1.58. The van der Waals surface area contributed by atoms with Crippen LogP contribution < -0.4 is 5.32 Å². The number of nitrogens with one attached hydrogen (secondary N) is 1. The summed E-state index contributed by atoms with van der Waals surface area (Å²) in [5.41, 5.74) is 3.88. The largest absolute Gasteiger partial charge is 0.350 e. The van der Waals surface area contributed by atoms with E-state index in [1.165, 1.54) is 0 Å². The Morgan fingerprint density at radius 1 is 1.39 bits per heavy atom. The summed E-state index contributed by atoms with van der Waals surface area (Å²) < 4.78 is 3.94. The third kappa shape index (κ3) is 3.14. The van der Waals surface area contributed by atoms with Gasteiger partial charge in [0.25, 0.3) is 0 Å². The molecule has 3 heterocycles. The van der Waals surface area contributed by atoms with Gasteiger partial charge in [0.15, 0.2) is 4.96 Å². The zero-order valence-electron chi connectivity index (χ0n) is 13.8. The van der Waals surface area contributed by atoms with E-state index >= 15 is 0 Å². The maximum atomic E-state index is 12.2. The predicted molar refractivity (Wildman–Crippen MR) is 90.7 cm³/mol. The molecule has 0 radical (unpaired) electrons. The number of rotatable bonds is 5. The monoisotopic (exact) mass is 331 g/mol. The Bertz CT molecular complexity index is 814. The number of carbonyl (C=O) groups is 1. The molecule has 6 nitrogen and oxygen atoms in total. The van der Waals surface area contributed by atoms with E-state index in [4.69, 9.17) is 0 Å². The van der Waals surface area contributed by atoms with Crippen molar-refractivity contribution >= 4 is 22.2 Å². The molecule has 3 aromatic rings. The Labute approximate surface area is 139 Å². The maximum absolute atomic E-state index is 12.2. The molecule has 1 amide bonds. The smallest absolute Gasteiger partial charge is 0.224 e. The van der Waals surface area contributed by atoms with Crippen molar-refractivity contribution in [2.24, 2.45) is 0 Å². The van der Waals surface area contributed by atoms with Gasteiger partial charge in [-0.15, -0.1) is 11.3 Å². The van der Waals surface area contributed by atoms with E-state index in [1.807, 2.05) is 40.7 Å². The minimum Gasteiger partial charge on any atom is -0.350 e. The van der Waals surface area contributed by atoms with E-state index < -0.39 is 0 Å². The van der Waals surface area contributed by atoms with Crippen molar-refractivity contribution in [1.29, 1.82) is 0 Å². The molecule has 1 N–H and O–H groups in total. The number of hydrogen-bond acceptors (Lipinski definition) is 4. The van der Waals surface area contributed by atoms with E-state index in [2.05, 4.69) is 29.2 Å².